The van der Waals surface area contributed by atoms with Gasteiger partial charge in [0.15, 0.2) is 6.61 Å². The number of nitrogens with one attached hydrogen (secondary N) is 2. The number of benzene rings is 2. The minimum Gasteiger partial charge on any atom is -0.467 e. The minimum absolute atomic E-state index is 0.0350. The number of halogens is 1. The van der Waals surface area contributed by atoms with Gasteiger partial charge < -0.3 is 14.5 Å². The number of hydrogen-bond donors (Lipinski definition) is 2. The van der Waals surface area contributed by atoms with Gasteiger partial charge in [0.05, 0.1) is 29.0 Å². The first-order valence-corrected chi connectivity index (χ1v) is 10.6. The molecule has 3 aromatic rings. The van der Waals surface area contributed by atoms with Crippen molar-refractivity contribution in [2.24, 2.45) is 0 Å². The monoisotopic (exact) mass is 446 g/mol. The van der Waals surface area contributed by atoms with Crippen LogP contribution in [0.25, 0.3) is 0 Å². The predicted octanol–water partition coefficient (Wildman–Crippen LogP) is 3.00. The molecule has 0 fully saturated rings. The maximum Gasteiger partial charge on any atom is 0.340 e. The number of carbonyl (C=O) groups is 2. The molecule has 0 aliphatic heterocycles. The van der Waals surface area contributed by atoms with Crippen molar-refractivity contribution >= 4 is 27.6 Å². The summed E-state index contributed by atoms with van der Waals surface area (Å²) in [6.45, 7) is 1.04. The van der Waals surface area contributed by atoms with Crippen LogP contribution in [0, 0.1) is 12.7 Å². The van der Waals surface area contributed by atoms with Crippen molar-refractivity contribution in [3.8, 4) is 0 Å². The summed E-state index contributed by atoms with van der Waals surface area (Å²) in [5.74, 6) is -1.46. The molecule has 3 rings (SSSR count). The first-order valence-electron chi connectivity index (χ1n) is 9.10. The molecule has 162 valence electrons. The van der Waals surface area contributed by atoms with Crippen LogP contribution in [0.5, 0.6) is 0 Å². The fraction of sp³-hybridized carbons (Fsp3) is 0.143. The number of ether oxygens (including phenoxy) is 1. The number of esters is 1. The highest BCUT2D eigenvalue weighted by Crippen LogP contribution is 2.23. The number of amides is 1. The molecule has 2 N–H and O–H groups in total. The summed E-state index contributed by atoms with van der Waals surface area (Å²) in [5, 5.41) is 2.52. The SMILES string of the molecule is Cc1cc(F)ccc1S(=O)(=O)Nc1ccccc1C(=O)OCC(=O)NCc1ccco1. The summed E-state index contributed by atoms with van der Waals surface area (Å²) in [7, 11) is -4.10. The van der Waals surface area contributed by atoms with Crippen molar-refractivity contribution in [2.45, 2.75) is 18.4 Å². The molecule has 0 radical (unpaired) electrons. The Morgan fingerprint density at radius 1 is 1.10 bits per heavy atom. The zero-order valence-corrected chi connectivity index (χ0v) is 17.2. The lowest BCUT2D eigenvalue weighted by Gasteiger charge is -2.13. The maximum absolute atomic E-state index is 13.3. The van der Waals surface area contributed by atoms with Gasteiger partial charge in [-0.15, -0.1) is 0 Å². The third-order valence-corrected chi connectivity index (χ3v) is 5.72. The third-order valence-electron chi connectivity index (χ3n) is 4.19. The van der Waals surface area contributed by atoms with Crippen LogP contribution >= 0.6 is 0 Å². The molecule has 10 heteroatoms. The lowest BCUT2D eigenvalue weighted by atomic mass is 10.2. The van der Waals surface area contributed by atoms with Crippen LogP contribution in [0.1, 0.15) is 21.7 Å². The van der Waals surface area contributed by atoms with E-state index in [9.17, 15) is 22.4 Å². The number of carbonyl (C=O) groups excluding carboxylic acids is 2. The number of hydrogen-bond acceptors (Lipinski definition) is 6. The van der Waals surface area contributed by atoms with Crippen LogP contribution in [-0.4, -0.2) is 26.9 Å². The number of sulfonamides is 1. The summed E-state index contributed by atoms with van der Waals surface area (Å²) < 4.78 is 51.1. The summed E-state index contributed by atoms with van der Waals surface area (Å²) in [5.41, 5.74) is 0.0951. The van der Waals surface area contributed by atoms with Crippen molar-refractivity contribution in [2.75, 3.05) is 11.3 Å². The first-order chi connectivity index (χ1) is 14.8. The Balaban J connectivity index is 1.68. The van der Waals surface area contributed by atoms with Gasteiger partial charge in [-0.1, -0.05) is 12.1 Å². The van der Waals surface area contributed by atoms with E-state index in [2.05, 4.69) is 10.0 Å². The first kappa shape index (κ1) is 22.0. The van der Waals surface area contributed by atoms with E-state index in [1.54, 1.807) is 12.1 Å². The Kier molecular flexibility index (Phi) is 6.71. The molecule has 8 nitrogen and oxygen atoms in total. The molecule has 0 unspecified atom stereocenters. The van der Waals surface area contributed by atoms with Crippen LogP contribution in [0.3, 0.4) is 0 Å². The van der Waals surface area contributed by atoms with Crippen molar-refractivity contribution in [1.82, 2.24) is 5.32 Å². The fourth-order valence-corrected chi connectivity index (χ4v) is 4.03. The van der Waals surface area contributed by atoms with Crippen LogP contribution in [0.2, 0.25) is 0 Å². The van der Waals surface area contributed by atoms with E-state index >= 15 is 0 Å². The second-order valence-electron chi connectivity index (χ2n) is 6.49. The molecular formula is C21H19FN2O6S. The fourth-order valence-electron chi connectivity index (χ4n) is 2.72. The van der Waals surface area contributed by atoms with E-state index in [-0.39, 0.29) is 28.3 Å². The normalized spacial score (nSPS) is 11.0. The molecule has 1 heterocycles. The van der Waals surface area contributed by atoms with Gasteiger partial charge in [0.2, 0.25) is 0 Å². The second-order valence-corrected chi connectivity index (χ2v) is 8.14. The van der Waals surface area contributed by atoms with E-state index in [0.717, 1.165) is 18.2 Å². The zero-order chi connectivity index (χ0) is 22.4. The number of anilines is 1. The van der Waals surface area contributed by atoms with Crippen molar-refractivity contribution < 1.29 is 31.6 Å². The highest BCUT2D eigenvalue weighted by atomic mass is 32.2. The maximum atomic E-state index is 13.3. The molecule has 31 heavy (non-hydrogen) atoms. The molecule has 2 aromatic carbocycles. The Bertz CT molecular complexity index is 1190. The van der Waals surface area contributed by atoms with E-state index < -0.39 is 34.3 Å². The van der Waals surface area contributed by atoms with Crippen molar-refractivity contribution in [3.05, 3.63) is 83.6 Å². The molecule has 0 saturated carbocycles. The van der Waals surface area contributed by atoms with Crippen molar-refractivity contribution in [3.63, 3.8) is 0 Å². The van der Waals surface area contributed by atoms with E-state index in [0.29, 0.717) is 5.76 Å². The summed E-state index contributed by atoms with van der Waals surface area (Å²) in [6, 6.07) is 12.4. The Morgan fingerprint density at radius 3 is 2.58 bits per heavy atom. The molecule has 0 aliphatic carbocycles. The number of rotatable bonds is 8. The Hall–Kier alpha value is -3.66. The lowest BCUT2D eigenvalue weighted by Crippen LogP contribution is -2.28. The lowest BCUT2D eigenvalue weighted by molar-refractivity contribution is -0.124. The van der Waals surface area contributed by atoms with E-state index in [4.69, 9.17) is 9.15 Å². The van der Waals surface area contributed by atoms with Crippen LogP contribution in [0.4, 0.5) is 10.1 Å². The molecule has 0 saturated heterocycles. The largest absolute Gasteiger partial charge is 0.467 e. The van der Waals surface area contributed by atoms with Crippen molar-refractivity contribution in [1.29, 1.82) is 0 Å². The smallest absolute Gasteiger partial charge is 0.340 e. The third kappa shape index (κ3) is 5.70. The van der Waals surface area contributed by atoms with E-state index in [1.807, 2.05) is 0 Å². The van der Waals surface area contributed by atoms with Gasteiger partial charge in [0.25, 0.3) is 15.9 Å². The number of aryl methyl sites for hydroxylation is 1. The average molecular weight is 446 g/mol. The Morgan fingerprint density at radius 2 is 1.87 bits per heavy atom. The molecular weight excluding hydrogens is 427 g/mol. The molecule has 1 amide bonds. The molecule has 0 spiro atoms. The molecule has 0 atom stereocenters. The topological polar surface area (TPSA) is 115 Å². The van der Waals surface area contributed by atoms with Gasteiger partial charge in [-0.3, -0.25) is 9.52 Å². The van der Waals surface area contributed by atoms with Gasteiger partial charge in [0, 0.05) is 0 Å². The Labute approximate surface area is 178 Å². The van der Waals surface area contributed by atoms with Gasteiger partial charge in [-0.05, 0) is 55.0 Å². The average Bonchev–Trinajstić information content (AvgIpc) is 3.24. The summed E-state index contributed by atoms with van der Waals surface area (Å²) in [6.07, 6.45) is 1.47. The zero-order valence-electron chi connectivity index (χ0n) is 16.4. The number of para-hydroxylation sites is 1. The standard InChI is InChI=1S/C21H19FN2O6S/c1-14-11-15(22)8-9-19(14)31(27,28)24-18-7-3-2-6-17(18)21(26)30-13-20(25)23-12-16-5-4-10-29-16/h2-11,24H,12-13H2,1H3,(H,23,25). The van der Waals surface area contributed by atoms with Gasteiger partial charge in [-0.25, -0.2) is 17.6 Å². The predicted molar refractivity (Wildman–Crippen MR) is 109 cm³/mol. The highest BCUT2D eigenvalue weighted by molar-refractivity contribution is 7.92. The van der Waals surface area contributed by atoms with E-state index in [1.165, 1.54) is 37.5 Å². The summed E-state index contributed by atoms with van der Waals surface area (Å²) in [4.78, 5) is 24.2. The number of furan rings is 1. The molecule has 0 bridgehead atoms. The van der Waals surface area contributed by atoms with Crippen LogP contribution < -0.4 is 10.0 Å². The highest BCUT2D eigenvalue weighted by Gasteiger charge is 2.21. The molecule has 1 aromatic heterocycles. The van der Waals surface area contributed by atoms with Gasteiger partial charge >= 0.3 is 5.97 Å². The van der Waals surface area contributed by atoms with Crippen LogP contribution in [-0.2, 0) is 26.1 Å². The van der Waals surface area contributed by atoms with Gasteiger partial charge in [0.1, 0.15) is 11.6 Å². The minimum atomic E-state index is -4.10. The van der Waals surface area contributed by atoms with Gasteiger partial charge in [-0.2, -0.15) is 0 Å². The quantitative estimate of drug-likeness (QED) is 0.514. The van der Waals surface area contributed by atoms with Crippen LogP contribution in [0.15, 0.2) is 70.2 Å². The second kappa shape index (κ2) is 9.43. The molecule has 0 aliphatic rings. The summed E-state index contributed by atoms with van der Waals surface area (Å²) >= 11 is 0.